The molecule has 0 saturated heterocycles. The molecule has 0 unspecified atom stereocenters. The van der Waals surface area contributed by atoms with Gasteiger partial charge in [-0.15, -0.1) is 11.3 Å². The van der Waals surface area contributed by atoms with Gasteiger partial charge in [0.25, 0.3) is 0 Å². The van der Waals surface area contributed by atoms with Crippen LogP contribution in [-0.4, -0.2) is 11.0 Å². The van der Waals surface area contributed by atoms with Gasteiger partial charge in [-0.1, -0.05) is 20.8 Å². The molecule has 16 heavy (non-hydrogen) atoms. The fourth-order valence-electron chi connectivity index (χ4n) is 1.19. The Morgan fingerprint density at radius 1 is 1.38 bits per heavy atom. The quantitative estimate of drug-likeness (QED) is 0.890. The molecule has 1 heterocycles. The molecule has 6 heteroatoms. The van der Waals surface area contributed by atoms with Gasteiger partial charge in [-0.25, -0.2) is 4.98 Å². The van der Waals surface area contributed by atoms with Gasteiger partial charge < -0.3 is 5.32 Å². The lowest BCUT2D eigenvalue weighted by atomic mass is 10.3. The van der Waals surface area contributed by atoms with E-state index >= 15 is 0 Å². The molecule has 1 aromatic rings. The summed E-state index contributed by atoms with van der Waals surface area (Å²) in [5.74, 6) is 0. The van der Waals surface area contributed by atoms with E-state index in [0.29, 0.717) is 11.4 Å². The number of halogens is 3. The van der Waals surface area contributed by atoms with Gasteiger partial charge in [0.15, 0.2) is 5.69 Å². The van der Waals surface area contributed by atoms with Crippen molar-refractivity contribution in [1.29, 1.82) is 0 Å². The van der Waals surface area contributed by atoms with Crippen molar-refractivity contribution in [3.63, 3.8) is 0 Å². The molecular formula is C10H15F3N2S. The first kappa shape index (κ1) is 13.4. The van der Waals surface area contributed by atoms with Gasteiger partial charge in [-0.3, -0.25) is 0 Å². The average molecular weight is 252 g/mol. The van der Waals surface area contributed by atoms with E-state index in [1.165, 1.54) is 0 Å². The maximum atomic E-state index is 12.6. The third-order valence-electron chi connectivity index (χ3n) is 1.98. The normalized spacial score (nSPS) is 12.4. The van der Waals surface area contributed by atoms with Crippen LogP contribution < -0.4 is 5.32 Å². The fraction of sp³-hybridized carbons (Fsp3) is 0.700. The van der Waals surface area contributed by atoms with E-state index in [9.17, 15) is 13.2 Å². The van der Waals surface area contributed by atoms with E-state index in [-0.39, 0.29) is 17.5 Å². The van der Waals surface area contributed by atoms with Crippen LogP contribution in [0, 0.1) is 0 Å². The van der Waals surface area contributed by atoms with Crippen molar-refractivity contribution >= 4 is 11.3 Å². The molecule has 0 aliphatic carbocycles. The highest BCUT2D eigenvalue weighted by Crippen LogP contribution is 2.34. The number of hydrogen-bond acceptors (Lipinski definition) is 3. The minimum absolute atomic E-state index is 0.160. The van der Waals surface area contributed by atoms with E-state index in [4.69, 9.17) is 0 Å². The minimum Gasteiger partial charge on any atom is -0.310 e. The molecule has 1 N–H and O–H groups in total. The van der Waals surface area contributed by atoms with Crippen LogP contribution >= 0.6 is 11.3 Å². The zero-order chi connectivity index (χ0) is 12.3. The lowest BCUT2D eigenvalue weighted by molar-refractivity contribution is -0.141. The highest BCUT2D eigenvalue weighted by molar-refractivity contribution is 7.11. The summed E-state index contributed by atoms with van der Waals surface area (Å²) in [6, 6.07) is 0.160. The Morgan fingerprint density at radius 3 is 2.44 bits per heavy atom. The second-order valence-corrected chi connectivity index (χ2v) is 4.93. The van der Waals surface area contributed by atoms with Crippen molar-refractivity contribution in [2.45, 2.75) is 46.0 Å². The standard InChI is InChI=1S/C10H15F3N2S/c1-4-8-15-9(10(11,12)13)7(16-8)5-14-6(2)3/h6,14H,4-5H2,1-3H3. The van der Waals surface area contributed by atoms with Gasteiger partial charge in [0.2, 0.25) is 0 Å². The lowest BCUT2D eigenvalue weighted by Crippen LogP contribution is -2.23. The molecule has 0 bridgehead atoms. The third-order valence-corrected chi connectivity index (χ3v) is 3.18. The number of aromatic nitrogens is 1. The molecule has 0 amide bonds. The number of nitrogens with zero attached hydrogens (tertiary/aromatic N) is 1. The van der Waals surface area contributed by atoms with Gasteiger partial charge in [0, 0.05) is 12.6 Å². The smallest absolute Gasteiger partial charge is 0.310 e. The van der Waals surface area contributed by atoms with Crippen LogP contribution in [0.5, 0.6) is 0 Å². The summed E-state index contributed by atoms with van der Waals surface area (Å²) >= 11 is 1.13. The predicted molar refractivity (Wildman–Crippen MR) is 58.5 cm³/mol. The Balaban J connectivity index is 2.92. The number of nitrogens with one attached hydrogen (secondary N) is 1. The second-order valence-electron chi connectivity index (χ2n) is 3.77. The molecule has 0 aromatic carbocycles. The van der Waals surface area contributed by atoms with Crippen LogP contribution in [-0.2, 0) is 19.1 Å². The summed E-state index contributed by atoms with van der Waals surface area (Å²) in [7, 11) is 0. The van der Waals surface area contributed by atoms with Crippen LogP contribution in [0.4, 0.5) is 13.2 Å². The lowest BCUT2D eigenvalue weighted by Gasteiger charge is -2.09. The van der Waals surface area contributed by atoms with Crippen LogP contribution in [0.15, 0.2) is 0 Å². The van der Waals surface area contributed by atoms with E-state index in [2.05, 4.69) is 10.3 Å². The van der Waals surface area contributed by atoms with E-state index in [1.54, 1.807) is 6.92 Å². The molecule has 0 aliphatic rings. The summed E-state index contributed by atoms with van der Waals surface area (Å²) < 4.78 is 37.9. The second kappa shape index (κ2) is 5.14. The first-order chi connectivity index (χ1) is 7.34. The number of rotatable bonds is 4. The highest BCUT2D eigenvalue weighted by Gasteiger charge is 2.37. The molecule has 1 rings (SSSR count). The van der Waals surface area contributed by atoms with Gasteiger partial charge in [0.1, 0.15) is 0 Å². The summed E-state index contributed by atoms with van der Waals surface area (Å²) in [6.45, 7) is 5.83. The molecule has 0 radical (unpaired) electrons. The molecular weight excluding hydrogens is 237 g/mol. The van der Waals surface area contributed by atoms with Gasteiger partial charge in [-0.05, 0) is 6.42 Å². The predicted octanol–water partition coefficient (Wildman–Crippen LogP) is 3.22. The molecule has 0 fully saturated rings. The van der Waals surface area contributed by atoms with Gasteiger partial charge in [0.05, 0.1) is 9.88 Å². The zero-order valence-corrected chi connectivity index (χ0v) is 10.3. The Bertz CT molecular complexity index is 344. The SMILES string of the molecule is CCc1nc(C(F)(F)F)c(CNC(C)C)s1. The van der Waals surface area contributed by atoms with Crippen LogP contribution in [0.3, 0.4) is 0 Å². The Morgan fingerprint density at radius 2 is 2.00 bits per heavy atom. The molecule has 0 atom stereocenters. The summed E-state index contributed by atoms with van der Waals surface area (Å²) in [5, 5.41) is 3.52. The number of alkyl halides is 3. The molecule has 0 spiro atoms. The van der Waals surface area contributed by atoms with Crippen molar-refractivity contribution in [3.8, 4) is 0 Å². The Labute approximate surface area is 96.9 Å². The third kappa shape index (κ3) is 3.45. The molecule has 0 aliphatic heterocycles. The fourth-order valence-corrected chi connectivity index (χ4v) is 2.17. The van der Waals surface area contributed by atoms with Crippen LogP contribution in [0.2, 0.25) is 0 Å². The summed E-state index contributed by atoms with van der Waals surface area (Å²) in [4.78, 5) is 3.91. The summed E-state index contributed by atoms with van der Waals surface area (Å²) in [6.07, 6.45) is -3.81. The number of aryl methyl sites for hydroxylation is 1. The van der Waals surface area contributed by atoms with Crippen molar-refractivity contribution < 1.29 is 13.2 Å². The minimum atomic E-state index is -4.35. The van der Waals surface area contributed by atoms with Gasteiger partial charge in [-0.2, -0.15) is 13.2 Å². The van der Waals surface area contributed by atoms with Crippen molar-refractivity contribution in [2.75, 3.05) is 0 Å². The molecule has 1 aromatic heterocycles. The maximum Gasteiger partial charge on any atom is 0.434 e. The van der Waals surface area contributed by atoms with Crippen LogP contribution in [0.1, 0.15) is 36.3 Å². The molecule has 0 saturated carbocycles. The van der Waals surface area contributed by atoms with Crippen molar-refractivity contribution in [2.24, 2.45) is 0 Å². The van der Waals surface area contributed by atoms with Gasteiger partial charge >= 0.3 is 6.18 Å². The van der Waals surface area contributed by atoms with E-state index in [0.717, 1.165) is 11.3 Å². The van der Waals surface area contributed by atoms with Crippen molar-refractivity contribution in [1.82, 2.24) is 10.3 Å². The maximum absolute atomic E-state index is 12.6. The highest BCUT2D eigenvalue weighted by atomic mass is 32.1. The van der Waals surface area contributed by atoms with E-state index in [1.807, 2.05) is 13.8 Å². The number of thiazole rings is 1. The van der Waals surface area contributed by atoms with Crippen molar-refractivity contribution in [3.05, 3.63) is 15.6 Å². The number of hydrogen-bond donors (Lipinski definition) is 1. The zero-order valence-electron chi connectivity index (χ0n) is 9.48. The first-order valence-corrected chi connectivity index (χ1v) is 5.95. The molecule has 2 nitrogen and oxygen atoms in total. The van der Waals surface area contributed by atoms with Crippen LogP contribution in [0.25, 0.3) is 0 Å². The first-order valence-electron chi connectivity index (χ1n) is 5.13. The topological polar surface area (TPSA) is 24.9 Å². The monoisotopic (exact) mass is 252 g/mol. The Kier molecular flexibility index (Phi) is 4.32. The largest absolute Gasteiger partial charge is 0.434 e. The summed E-state index contributed by atoms with van der Waals surface area (Å²) in [5.41, 5.74) is -0.734. The van der Waals surface area contributed by atoms with E-state index < -0.39 is 11.9 Å². The Hall–Kier alpha value is -0.620. The average Bonchev–Trinajstić information content (AvgIpc) is 2.57. The molecule has 92 valence electrons.